The third-order valence-corrected chi connectivity index (χ3v) is 6.33. The molecule has 0 radical (unpaired) electrons. The van der Waals surface area contributed by atoms with Gasteiger partial charge in [-0.3, -0.25) is 9.52 Å². The Kier molecular flexibility index (Phi) is 7.44. The van der Waals surface area contributed by atoms with Crippen LogP contribution in [-0.2, 0) is 14.8 Å². The molecule has 0 saturated carbocycles. The summed E-state index contributed by atoms with van der Waals surface area (Å²) in [5, 5.41) is 2.70. The summed E-state index contributed by atoms with van der Waals surface area (Å²) in [7, 11) is -0.716. The third-order valence-electron chi connectivity index (χ3n) is 4.93. The average Bonchev–Trinajstić information content (AvgIpc) is 2.80. The van der Waals surface area contributed by atoms with E-state index in [0.717, 1.165) is 11.1 Å². The average molecular weight is 471 g/mol. The summed E-state index contributed by atoms with van der Waals surface area (Å²) in [6.45, 7) is 3.63. The van der Waals surface area contributed by atoms with Crippen molar-refractivity contribution in [3.8, 4) is 17.2 Å². The number of benzene rings is 3. The summed E-state index contributed by atoms with van der Waals surface area (Å²) in [4.78, 5) is 12.3. The predicted octanol–water partition coefficient (Wildman–Crippen LogP) is 4.14. The highest BCUT2D eigenvalue weighted by molar-refractivity contribution is 7.92. The quantitative estimate of drug-likeness (QED) is 0.487. The molecule has 0 bridgehead atoms. The smallest absolute Gasteiger partial charge is 0.262 e. The van der Waals surface area contributed by atoms with Crippen molar-refractivity contribution in [3.05, 3.63) is 71.8 Å². The first-order valence-electron chi connectivity index (χ1n) is 10.1. The van der Waals surface area contributed by atoms with Gasteiger partial charge in [-0.25, -0.2) is 8.42 Å². The van der Waals surface area contributed by atoms with Crippen LogP contribution in [0, 0.1) is 13.8 Å². The first kappa shape index (κ1) is 23.9. The van der Waals surface area contributed by atoms with Crippen molar-refractivity contribution >= 4 is 27.3 Å². The van der Waals surface area contributed by atoms with E-state index in [-0.39, 0.29) is 17.4 Å². The number of nitrogens with one attached hydrogen (secondary N) is 2. The van der Waals surface area contributed by atoms with Crippen LogP contribution in [0.25, 0.3) is 0 Å². The van der Waals surface area contributed by atoms with Gasteiger partial charge >= 0.3 is 0 Å². The molecule has 8 nitrogen and oxygen atoms in total. The molecular formula is C24H26N2O6S. The van der Waals surface area contributed by atoms with Crippen molar-refractivity contribution in [2.24, 2.45) is 0 Å². The highest BCUT2D eigenvalue weighted by Crippen LogP contribution is 2.29. The van der Waals surface area contributed by atoms with Crippen molar-refractivity contribution in [2.45, 2.75) is 18.7 Å². The Morgan fingerprint density at radius 3 is 2.12 bits per heavy atom. The summed E-state index contributed by atoms with van der Waals surface area (Å²) in [6, 6.07) is 16.2. The highest BCUT2D eigenvalue weighted by Gasteiger charge is 2.15. The monoisotopic (exact) mass is 470 g/mol. The van der Waals surface area contributed by atoms with Crippen LogP contribution in [0.2, 0.25) is 0 Å². The predicted molar refractivity (Wildman–Crippen MR) is 127 cm³/mol. The van der Waals surface area contributed by atoms with Crippen LogP contribution in [0.1, 0.15) is 11.1 Å². The van der Waals surface area contributed by atoms with Crippen LogP contribution < -0.4 is 24.2 Å². The molecule has 0 fully saturated rings. The van der Waals surface area contributed by atoms with E-state index in [4.69, 9.17) is 14.2 Å². The molecular weight excluding hydrogens is 444 g/mol. The largest absolute Gasteiger partial charge is 0.493 e. The molecule has 0 aliphatic carbocycles. The van der Waals surface area contributed by atoms with Crippen LogP contribution in [0.4, 0.5) is 11.4 Å². The SMILES string of the molecule is COc1ccc(NC(=O)COc2ccc(S(=O)(=O)Nc3ccc(C)c(C)c3)cc2)cc1OC. The highest BCUT2D eigenvalue weighted by atomic mass is 32.2. The Morgan fingerprint density at radius 2 is 1.48 bits per heavy atom. The maximum absolute atomic E-state index is 12.6. The number of anilines is 2. The van der Waals surface area contributed by atoms with E-state index >= 15 is 0 Å². The van der Waals surface area contributed by atoms with Crippen molar-refractivity contribution < 1.29 is 27.4 Å². The molecule has 1 amide bonds. The fourth-order valence-corrected chi connectivity index (χ4v) is 4.04. The number of carbonyl (C=O) groups is 1. The van der Waals surface area contributed by atoms with Crippen LogP contribution in [0.3, 0.4) is 0 Å². The number of methoxy groups -OCH3 is 2. The summed E-state index contributed by atoms with van der Waals surface area (Å²) >= 11 is 0. The zero-order valence-electron chi connectivity index (χ0n) is 18.8. The summed E-state index contributed by atoms with van der Waals surface area (Å²) in [5.41, 5.74) is 3.09. The van der Waals surface area contributed by atoms with Gasteiger partial charge in [-0.1, -0.05) is 6.07 Å². The lowest BCUT2D eigenvalue weighted by Crippen LogP contribution is -2.20. The molecule has 2 N–H and O–H groups in total. The lowest BCUT2D eigenvalue weighted by molar-refractivity contribution is -0.118. The number of aryl methyl sites for hydroxylation is 2. The number of sulfonamides is 1. The van der Waals surface area contributed by atoms with Crippen molar-refractivity contribution in [2.75, 3.05) is 30.9 Å². The molecule has 0 heterocycles. The molecule has 0 spiro atoms. The van der Waals surface area contributed by atoms with E-state index in [1.54, 1.807) is 30.3 Å². The molecule has 33 heavy (non-hydrogen) atoms. The van der Waals surface area contributed by atoms with Crippen LogP contribution in [0.5, 0.6) is 17.2 Å². The normalized spacial score (nSPS) is 10.9. The van der Waals surface area contributed by atoms with Gasteiger partial charge in [0.25, 0.3) is 15.9 Å². The minimum Gasteiger partial charge on any atom is -0.493 e. The Morgan fingerprint density at radius 1 is 0.818 bits per heavy atom. The lowest BCUT2D eigenvalue weighted by atomic mass is 10.1. The molecule has 0 unspecified atom stereocenters. The third kappa shape index (κ3) is 6.17. The fraction of sp³-hybridized carbons (Fsp3) is 0.208. The molecule has 3 aromatic rings. The number of ether oxygens (including phenoxy) is 3. The first-order chi connectivity index (χ1) is 15.7. The van der Waals surface area contributed by atoms with Crippen LogP contribution >= 0.6 is 0 Å². The maximum Gasteiger partial charge on any atom is 0.262 e. The molecule has 0 atom stereocenters. The van der Waals surface area contributed by atoms with E-state index in [1.807, 2.05) is 19.9 Å². The van der Waals surface area contributed by atoms with Gasteiger partial charge in [0.2, 0.25) is 0 Å². The summed E-state index contributed by atoms with van der Waals surface area (Å²) in [6.07, 6.45) is 0. The van der Waals surface area contributed by atoms with Gasteiger partial charge in [0.05, 0.1) is 19.1 Å². The van der Waals surface area contributed by atoms with Gasteiger partial charge in [-0.05, 0) is 73.5 Å². The zero-order valence-corrected chi connectivity index (χ0v) is 19.7. The lowest BCUT2D eigenvalue weighted by Gasteiger charge is -2.12. The molecule has 3 aromatic carbocycles. The Hall–Kier alpha value is -3.72. The molecule has 0 aliphatic heterocycles. The second-order valence-corrected chi connectivity index (χ2v) is 8.96. The van der Waals surface area contributed by atoms with Crippen LogP contribution in [0.15, 0.2) is 65.6 Å². The van der Waals surface area contributed by atoms with E-state index in [2.05, 4.69) is 10.0 Å². The number of amides is 1. The number of hydrogen-bond acceptors (Lipinski definition) is 6. The summed E-state index contributed by atoms with van der Waals surface area (Å²) in [5.74, 6) is 1.02. The first-order valence-corrected chi connectivity index (χ1v) is 11.5. The Labute approximate surface area is 193 Å². The molecule has 3 rings (SSSR count). The van der Waals surface area contributed by atoms with Gasteiger partial charge in [0.1, 0.15) is 5.75 Å². The Bertz CT molecular complexity index is 1240. The van der Waals surface area contributed by atoms with E-state index in [1.165, 1.54) is 38.5 Å². The van der Waals surface area contributed by atoms with Crippen molar-refractivity contribution in [1.29, 1.82) is 0 Å². The van der Waals surface area contributed by atoms with Gasteiger partial charge < -0.3 is 19.5 Å². The van der Waals surface area contributed by atoms with E-state index < -0.39 is 10.0 Å². The summed E-state index contributed by atoms with van der Waals surface area (Å²) < 4.78 is 43.7. The van der Waals surface area contributed by atoms with Crippen molar-refractivity contribution in [1.82, 2.24) is 0 Å². The molecule has 0 aliphatic rings. The minimum absolute atomic E-state index is 0.0860. The number of rotatable bonds is 9. The molecule has 0 aromatic heterocycles. The topological polar surface area (TPSA) is 103 Å². The van der Waals surface area contributed by atoms with Crippen molar-refractivity contribution in [3.63, 3.8) is 0 Å². The fourth-order valence-electron chi connectivity index (χ4n) is 2.99. The number of carbonyl (C=O) groups excluding carboxylic acids is 1. The van der Waals surface area contributed by atoms with Gasteiger partial charge in [-0.15, -0.1) is 0 Å². The van der Waals surface area contributed by atoms with Gasteiger partial charge in [0, 0.05) is 17.4 Å². The second-order valence-electron chi connectivity index (χ2n) is 7.28. The second kappa shape index (κ2) is 10.3. The van der Waals surface area contributed by atoms with E-state index in [0.29, 0.717) is 28.6 Å². The van der Waals surface area contributed by atoms with Gasteiger partial charge in [-0.2, -0.15) is 0 Å². The molecule has 0 saturated heterocycles. The molecule has 9 heteroatoms. The maximum atomic E-state index is 12.6. The zero-order chi connectivity index (χ0) is 24.0. The van der Waals surface area contributed by atoms with Crippen LogP contribution in [-0.4, -0.2) is 35.2 Å². The Balaban J connectivity index is 1.58. The minimum atomic E-state index is -3.75. The standard InChI is InChI=1S/C24H26N2O6S/c1-16-5-6-19(13-17(16)2)26-33(28,29)21-10-8-20(9-11-21)32-15-24(27)25-18-7-12-22(30-3)23(14-18)31-4/h5-14,26H,15H2,1-4H3,(H,25,27). The molecule has 174 valence electrons. The van der Waals surface area contributed by atoms with E-state index in [9.17, 15) is 13.2 Å². The number of hydrogen-bond donors (Lipinski definition) is 2. The van der Waals surface area contributed by atoms with Gasteiger partial charge in [0.15, 0.2) is 18.1 Å².